The van der Waals surface area contributed by atoms with E-state index in [0.717, 1.165) is 31.4 Å². The van der Waals surface area contributed by atoms with Crippen LogP contribution in [0.3, 0.4) is 0 Å². The van der Waals surface area contributed by atoms with E-state index in [-0.39, 0.29) is 18.2 Å². The lowest BCUT2D eigenvalue weighted by Crippen LogP contribution is -2.50. The summed E-state index contributed by atoms with van der Waals surface area (Å²) < 4.78 is 11.2. The summed E-state index contributed by atoms with van der Waals surface area (Å²) >= 11 is 6.15. The molecule has 0 N–H and O–H groups in total. The van der Waals surface area contributed by atoms with Crippen molar-refractivity contribution in [3.8, 4) is 0 Å². The second-order valence-electron chi connectivity index (χ2n) is 5.53. The smallest absolute Gasteiger partial charge is 0.227 e. The fourth-order valence-electron chi connectivity index (χ4n) is 3.05. The Hall–Kier alpha value is -1.10. The maximum absolute atomic E-state index is 12.6. The van der Waals surface area contributed by atoms with Gasteiger partial charge in [0, 0.05) is 11.6 Å². The fourth-order valence-corrected chi connectivity index (χ4v) is 3.26. The molecule has 2 aliphatic heterocycles. The molecule has 1 amide bonds. The first-order chi connectivity index (χ1) is 10.3. The van der Waals surface area contributed by atoms with Gasteiger partial charge in [-0.25, -0.2) is 0 Å². The van der Waals surface area contributed by atoms with E-state index in [4.69, 9.17) is 21.1 Å². The van der Waals surface area contributed by atoms with Gasteiger partial charge in [-0.05, 0) is 30.9 Å². The van der Waals surface area contributed by atoms with E-state index in [0.29, 0.717) is 24.7 Å². The summed E-state index contributed by atoms with van der Waals surface area (Å²) in [5.74, 6) is 0.104. The molecule has 0 bridgehead atoms. The molecule has 0 aliphatic carbocycles. The number of benzene rings is 1. The molecular weight excluding hydrogens is 290 g/mol. The molecule has 5 heteroatoms. The summed E-state index contributed by atoms with van der Waals surface area (Å²) in [6.07, 6.45) is 3.17. The number of ether oxygens (including phenoxy) is 2. The quantitative estimate of drug-likeness (QED) is 0.861. The highest BCUT2D eigenvalue weighted by atomic mass is 35.5. The minimum Gasteiger partial charge on any atom is -0.348 e. The van der Waals surface area contributed by atoms with Crippen LogP contribution in [0.4, 0.5) is 0 Å². The first kappa shape index (κ1) is 14.8. The number of piperidine rings is 1. The number of likely N-dealkylation sites (tertiary alicyclic amines) is 1. The predicted molar refractivity (Wildman–Crippen MR) is 80.2 cm³/mol. The monoisotopic (exact) mass is 309 g/mol. The van der Waals surface area contributed by atoms with Crippen LogP contribution in [0.1, 0.15) is 24.8 Å². The van der Waals surface area contributed by atoms with Crippen molar-refractivity contribution in [1.29, 1.82) is 0 Å². The van der Waals surface area contributed by atoms with Crippen molar-refractivity contribution in [2.75, 3.05) is 19.8 Å². The molecule has 21 heavy (non-hydrogen) atoms. The minimum atomic E-state index is -0.263. The zero-order chi connectivity index (χ0) is 14.7. The molecule has 1 aromatic carbocycles. The van der Waals surface area contributed by atoms with Crippen molar-refractivity contribution in [2.24, 2.45) is 0 Å². The van der Waals surface area contributed by atoms with E-state index in [1.807, 2.05) is 29.2 Å². The number of nitrogens with zero attached hydrogens (tertiary/aromatic N) is 1. The maximum atomic E-state index is 12.6. The third-order valence-corrected chi connectivity index (χ3v) is 4.50. The molecule has 0 saturated carbocycles. The standard InChI is InChI=1S/C16H20ClNO3/c17-13-6-2-1-5-12(13)11-15(19)18-8-4-3-7-14(18)16-20-9-10-21-16/h1-2,5-6,14,16H,3-4,7-11H2. The lowest BCUT2D eigenvalue weighted by molar-refractivity contribution is -0.149. The van der Waals surface area contributed by atoms with Crippen LogP contribution in [0.15, 0.2) is 24.3 Å². The van der Waals surface area contributed by atoms with E-state index in [1.165, 1.54) is 0 Å². The number of rotatable bonds is 3. The Bertz CT molecular complexity index is 502. The molecule has 0 spiro atoms. The molecule has 2 heterocycles. The van der Waals surface area contributed by atoms with Crippen molar-refractivity contribution in [3.63, 3.8) is 0 Å². The van der Waals surface area contributed by atoms with Gasteiger partial charge in [-0.15, -0.1) is 0 Å². The molecule has 114 valence electrons. The molecule has 0 aromatic heterocycles. The number of amides is 1. The first-order valence-corrected chi connectivity index (χ1v) is 7.89. The van der Waals surface area contributed by atoms with Gasteiger partial charge in [-0.2, -0.15) is 0 Å². The summed E-state index contributed by atoms with van der Waals surface area (Å²) in [6.45, 7) is 2.01. The normalized spacial score (nSPS) is 23.5. The molecule has 4 nitrogen and oxygen atoms in total. The van der Waals surface area contributed by atoms with Crippen LogP contribution in [0.5, 0.6) is 0 Å². The van der Waals surface area contributed by atoms with Crippen molar-refractivity contribution in [1.82, 2.24) is 4.90 Å². The molecule has 2 fully saturated rings. The Balaban J connectivity index is 1.70. The van der Waals surface area contributed by atoms with Crippen LogP contribution in [-0.2, 0) is 20.7 Å². The van der Waals surface area contributed by atoms with Crippen molar-refractivity contribution < 1.29 is 14.3 Å². The van der Waals surface area contributed by atoms with Crippen LogP contribution in [-0.4, -0.2) is 42.9 Å². The van der Waals surface area contributed by atoms with Gasteiger partial charge in [0.15, 0.2) is 6.29 Å². The van der Waals surface area contributed by atoms with E-state index in [2.05, 4.69) is 0 Å². The Morgan fingerprint density at radius 2 is 2.00 bits per heavy atom. The van der Waals surface area contributed by atoms with Crippen molar-refractivity contribution in [2.45, 2.75) is 38.0 Å². The SMILES string of the molecule is O=C(Cc1ccccc1Cl)N1CCCCC1C1OCCO1. The summed E-state index contributed by atoms with van der Waals surface area (Å²) in [5, 5.41) is 0.646. The van der Waals surface area contributed by atoms with Crippen LogP contribution < -0.4 is 0 Å². The van der Waals surface area contributed by atoms with Gasteiger partial charge in [0.1, 0.15) is 0 Å². The van der Waals surface area contributed by atoms with Crippen molar-refractivity contribution in [3.05, 3.63) is 34.9 Å². The van der Waals surface area contributed by atoms with E-state index >= 15 is 0 Å². The van der Waals surface area contributed by atoms with Crippen LogP contribution in [0, 0.1) is 0 Å². The average molecular weight is 310 g/mol. The van der Waals surface area contributed by atoms with E-state index in [1.54, 1.807) is 0 Å². The molecule has 1 atom stereocenters. The molecule has 2 saturated heterocycles. The number of hydrogen-bond donors (Lipinski definition) is 0. The summed E-state index contributed by atoms with van der Waals surface area (Å²) in [4.78, 5) is 14.6. The maximum Gasteiger partial charge on any atom is 0.227 e. The molecular formula is C16H20ClNO3. The lowest BCUT2D eigenvalue weighted by Gasteiger charge is -2.38. The number of hydrogen-bond acceptors (Lipinski definition) is 3. The summed E-state index contributed by atoms with van der Waals surface area (Å²) in [5.41, 5.74) is 0.877. The van der Waals surface area contributed by atoms with E-state index in [9.17, 15) is 4.79 Å². The molecule has 1 aromatic rings. The van der Waals surface area contributed by atoms with Crippen LogP contribution in [0.2, 0.25) is 5.02 Å². The summed E-state index contributed by atoms with van der Waals surface area (Å²) in [7, 11) is 0. The molecule has 0 radical (unpaired) electrons. The van der Waals surface area contributed by atoms with Crippen LogP contribution in [0.25, 0.3) is 0 Å². The van der Waals surface area contributed by atoms with Crippen molar-refractivity contribution >= 4 is 17.5 Å². The Morgan fingerprint density at radius 3 is 2.76 bits per heavy atom. The molecule has 3 rings (SSSR count). The Labute approximate surface area is 130 Å². The predicted octanol–water partition coefficient (Wildman–Crippen LogP) is 2.64. The topological polar surface area (TPSA) is 38.8 Å². The van der Waals surface area contributed by atoms with Gasteiger partial charge >= 0.3 is 0 Å². The zero-order valence-electron chi connectivity index (χ0n) is 12.0. The fraction of sp³-hybridized carbons (Fsp3) is 0.562. The van der Waals surface area contributed by atoms with E-state index < -0.39 is 0 Å². The molecule has 1 unspecified atom stereocenters. The minimum absolute atomic E-state index is 0.0382. The van der Waals surface area contributed by atoms with Gasteiger partial charge in [0.25, 0.3) is 0 Å². The lowest BCUT2D eigenvalue weighted by atomic mass is 10.00. The van der Waals surface area contributed by atoms with Gasteiger partial charge in [-0.3, -0.25) is 4.79 Å². The largest absolute Gasteiger partial charge is 0.348 e. The van der Waals surface area contributed by atoms with Gasteiger partial charge in [0.2, 0.25) is 5.91 Å². The highest BCUT2D eigenvalue weighted by molar-refractivity contribution is 6.31. The Morgan fingerprint density at radius 1 is 1.24 bits per heavy atom. The Kier molecular flexibility index (Phi) is 4.78. The number of carbonyl (C=O) groups excluding carboxylic acids is 1. The number of halogens is 1. The molecule has 2 aliphatic rings. The summed E-state index contributed by atoms with van der Waals surface area (Å²) in [6, 6.07) is 7.55. The van der Waals surface area contributed by atoms with Crippen LogP contribution >= 0.6 is 11.6 Å². The third kappa shape index (κ3) is 3.39. The zero-order valence-corrected chi connectivity index (χ0v) is 12.7. The third-order valence-electron chi connectivity index (χ3n) is 4.13. The highest BCUT2D eigenvalue weighted by Gasteiger charge is 2.36. The first-order valence-electron chi connectivity index (χ1n) is 7.52. The van der Waals surface area contributed by atoms with Gasteiger partial charge in [-0.1, -0.05) is 29.8 Å². The van der Waals surface area contributed by atoms with Gasteiger partial charge < -0.3 is 14.4 Å². The second kappa shape index (κ2) is 6.77. The van der Waals surface area contributed by atoms with Gasteiger partial charge in [0.05, 0.1) is 25.7 Å². The highest BCUT2D eigenvalue weighted by Crippen LogP contribution is 2.26. The second-order valence-corrected chi connectivity index (χ2v) is 5.94. The average Bonchev–Trinajstić information content (AvgIpc) is 3.04. The number of carbonyl (C=O) groups is 1.